The second-order valence-corrected chi connectivity index (χ2v) is 7.31. The first-order chi connectivity index (χ1) is 9.97. The van der Waals surface area contributed by atoms with E-state index in [0.29, 0.717) is 5.92 Å². The SMILES string of the molecule is CCC1CCCCC1NS(=O)(=O)c1ccc(F)c(CO)c1. The monoisotopic (exact) mass is 315 g/mol. The van der Waals surface area contributed by atoms with Gasteiger partial charge < -0.3 is 5.11 Å². The highest BCUT2D eigenvalue weighted by Crippen LogP contribution is 2.28. The molecule has 21 heavy (non-hydrogen) atoms. The van der Waals surface area contributed by atoms with Crippen molar-refractivity contribution in [2.75, 3.05) is 0 Å². The first-order valence-corrected chi connectivity index (χ1v) is 8.88. The van der Waals surface area contributed by atoms with Crippen molar-refractivity contribution in [3.05, 3.63) is 29.6 Å². The predicted molar refractivity (Wildman–Crippen MR) is 78.7 cm³/mol. The molecule has 0 bridgehead atoms. The molecule has 0 spiro atoms. The van der Waals surface area contributed by atoms with Gasteiger partial charge in [-0.25, -0.2) is 17.5 Å². The average molecular weight is 315 g/mol. The summed E-state index contributed by atoms with van der Waals surface area (Å²) in [5, 5.41) is 9.05. The minimum Gasteiger partial charge on any atom is -0.392 e. The lowest BCUT2D eigenvalue weighted by Gasteiger charge is -2.31. The van der Waals surface area contributed by atoms with Gasteiger partial charge in [-0.3, -0.25) is 0 Å². The second kappa shape index (κ2) is 6.85. The van der Waals surface area contributed by atoms with Gasteiger partial charge in [0.05, 0.1) is 11.5 Å². The van der Waals surface area contributed by atoms with Gasteiger partial charge in [0.25, 0.3) is 0 Å². The fourth-order valence-electron chi connectivity index (χ4n) is 2.96. The predicted octanol–water partition coefficient (Wildman–Crippen LogP) is 2.57. The molecule has 1 aliphatic rings. The van der Waals surface area contributed by atoms with Crippen LogP contribution in [0.5, 0.6) is 0 Å². The summed E-state index contributed by atoms with van der Waals surface area (Å²) in [5.41, 5.74) is -0.00596. The van der Waals surface area contributed by atoms with Crippen LogP contribution in [0.4, 0.5) is 4.39 Å². The molecule has 118 valence electrons. The van der Waals surface area contributed by atoms with Gasteiger partial charge in [-0.2, -0.15) is 0 Å². The molecule has 0 radical (unpaired) electrons. The van der Waals surface area contributed by atoms with E-state index in [1.807, 2.05) is 0 Å². The van der Waals surface area contributed by atoms with E-state index in [9.17, 15) is 12.8 Å². The zero-order chi connectivity index (χ0) is 15.5. The van der Waals surface area contributed by atoms with Gasteiger partial charge in [-0.1, -0.05) is 26.2 Å². The lowest BCUT2D eigenvalue weighted by molar-refractivity contribution is 0.275. The fraction of sp³-hybridized carbons (Fsp3) is 0.600. The van der Waals surface area contributed by atoms with Crippen molar-refractivity contribution in [3.8, 4) is 0 Å². The molecule has 0 aromatic heterocycles. The summed E-state index contributed by atoms with van der Waals surface area (Å²) in [6, 6.07) is 3.46. The molecule has 1 aromatic carbocycles. The van der Waals surface area contributed by atoms with Crippen LogP contribution in [0.1, 0.15) is 44.6 Å². The van der Waals surface area contributed by atoms with Crippen LogP contribution in [-0.4, -0.2) is 19.6 Å². The molecule has 0 saturated heterocycles. The van der Waals surface area contributed by atoms with Crippen LogP contribution in [0.25, 0.3) is 0 Å². The molecule has 0 aliphatic heterocycles. The highest BCUT2D eigenvalue weighted by molar-refractivity contribution is 7.89. The van der Waals surface area contributed by atoms with Crippen molar-refractivity contribution < 1.29 is 17.9 Å². The number of rotatable bonds is 5. The number of hydrogen-bond acceptors (Lipinski definition) is 3. The van der Waals surface area contributed by atoms with E-state index in [-0.39, 0.29) is 16.5 Å². The number of sulfonamides is 1. The normalized spacial score (nSPS) is 23.2. The molecule has 4 nitrogen and oxygen atoms in total. The van der Waals surface area contributed by atoms with Gasteiger partial charge in [0.1, 0.15) is 5.82 Å². The Balaban J connectivity index is 2.21. The van der Waals surface area contributed by atoms with E-state index in [1.54, 1.807) is 0 Å². The zero-order valence-electron chi connectivity index (χ0n) is 12.2. The molecule has 2 unspecified atom stereocenters. The number of hydrogen-bond donors (Lipinski definition) is 2. The highest BCUT2D eigenvalue weighted by atomic mass is 32.2. The fourth-order valence-corrected chi connectivity index (χ4v) is 4.35. The molecule has 6 heteroatoms. The topological polar surface area (TPSA) is 66.4 Å². The third kappa shape index (κ3) is 3.81. The first kappa shape index (κ1) is 16.4. The minimum absolute atomic E-state index is 0.00596. The zero-order valence-corrected chi connectivity index (χ0v) is 13.0. The quantitative estimate of drug-likeness (QED) is 0.877. The van der Waals surface area contributed by atoms with Gasteiger partial charge in [0.15, 0.2) is 0 Å². The Morgan fingerprint density at radius 1 is 1.33 bits per heavy atom. The third-order valence-electron chi connectivity index (χ3n) is 4.24. The van der Waals surface area contributed by atoms with Crippen LogP contribution in [0.3, 0.4) is 0 Å². The van der Waals surface area contributed by atoms with Gasteiger partial charge in [0.2, 0.25) is 10.0 Å². The molecule has 2 atom stereocenters. The Morgan fingerprint density at radius 2 is 2.05 bits per heavy atom. The maximum atomic E-state index is 13.4. The lowest BCUT2D eigenvalue weighted by Crippen LogP contribution is -2.41. The Hall–Kier alpha value is -0.980. The van der Waals surface area contributed by atoms with Crippen LogP contribution >= 0.6 is 0 Å². The molecule has 2 rings (SSSR count). The highest BCUT2D eigenvalue weighted by Gasteiger charge is 2.28. The maximum absolute atomic E-state index is 13.4. The van der Waals surface area contributed by atoms with Gasteiger partial charge >= 0.3 is 0 Å². The third-order valence-corrected chi connectivity index (χ3v) is 5.73. The van der Waals surface area contributed by atoms with Crippen LogP contribution in [0.2, 0.25) is 0 Å². The summed E-state index contributed by atoms with van der Waals surface area (Å²) in [5.74, 6) is -0.244. The van der Waals surface area contributed by atoms with Crippen molar-refractivity contribution in [2.24, 2.45) is 5.92 Å². The van der Waals surface area contributed by atoms with E-state index in [2.05, 4.69) is 11.6 Å². The second-order valence-electron chi connectivity index (χ2n) is 5.59. The number of nitrogens with one attached hydrogen (secondary N) is 1. The van der Waals surface area contributed by atoms with Crippen molar-refractivity contribution >= 4 is 10.0 Å². The van der Waals surface area contributed by atoms with Gasteiger partial charge in [-0.15, -0.1) is 0 Å². The van der Waals surface area contributed by atoms with Crippen molar-refractivity contribution in [1.29, 1.82) is 0 Å². The number of aliphatic hydroxyl groups is 1. The molecule has 0 amide bonds. The largest absolute Gasteiger partial charge is 0.392 e. The molecule has 0 heterocycles. The Morgan fingerprint density at radius 3 is 2.71 bits per heavy atom. The lowest BCUT2D eigenvalue weighted by atomic mass is 9.83. The summed E-state index contributed by atoms with van der Waals surface area (Å²) >= 11 is 0. The standard InChI is InChI=1S/C15H22FNO3S/c1-2-11-5-3-4-6-15(11)17-21(19,20)13-7-8-14(16)12(9-13)10-18/h7-9,11,15,17-18H,2-6,10H2,1H3. The van der Waals surface area contributed by atoms with Crippen LogP contribution in [-0.2, 0) is 16.6 Å². The smallest absolute Gasteiger partial charge is 0.240 e. The molecule has 1 saturated carbocycles. The number of aliphatic hydroxyl groups excluding tert-OH is 1. The van der Waals surface area contributed by atoms with Crippen LogP contribution < -0.4 is 4.72 Å². The van der Waals surface area contributed by atoms with Crippen molar-refractivity contribution in [1.82, 2.24) is 4.72 Å². The molecular formula is C15H22FNO3S. The molecule has 1 aromatic rings. The minimum atomic E-state index is -3.68. The van der Waals surface area contributed by atoms with Crippen molar-refractivity contribution in [3.63, 3.8) is 0 Å². The number of halogens is 1. The summed E-state index contributed by atoms with van der Waals surface area (Å²) in [7, 11) is -3.68. The maximum Gasteiger partial charge on any atom is 0.240 e. The van der Waals surface area contributed by atoms with Gasteiger partial charge in [0, 0.05) is 11.6 Å². The summed E-state index contributed by atoms with van der Waals surface area (Å²) in [6.07, 6.45) is 4.98. The van der Waals surface area contributed by atoms with E-state index < -0.39 is 22.4 Å². The molecule has 2 N–H and O–H groups in total. The average Bonchev–Trinajstić information content (AvgIpc) is 2.47. The van der Waals surface area contributed by atoms with Crippen molar-refractivity contribution in [2.45, 2.75) is 56.6 Å². The number of benzene rings is 1. The summed E-state index contributed by atoms with van der Waals surface area (Å²) < 4.78 is 41.0. The first-order valence-electron chi connectivity index (χ1n) is 7.39. The summed E-state index contributed by atoms with van der Waals surface area (Å²) in [6.45, 7) is 1.55. The van der Waals surface area contributed by atoms with Crippen LogP contribution in [0.15, 0.2) is 23.1 Å². The van der Waals surface area contributed by atoms with E-state index in [1.165, 1.54) is 12.1 Å². The Labute approximate surface area is 125 Å². The molecule has 1 fully saturated rings. The van der Waals surface area contributed by atoms with E-state index >= 15 is 0 Å². The molecule has 1 aliphatic carbocycles. The van der Waals surface area contributed by atoms with Gasteiger partial charge in [-0.05, 0) is 37.0 Å². The van der Waals surface area contributed by atoms with E-state index in [0.717, 1.165) is 38.2 Å². The summed E-state index contributed by atoms with van der Waals surface area (Å²) in [4.78, 5) is 0.00776. The van der Waals surface area contributed by atoms with E-state index in [4.69, 9.17) is 5.11 Å². The molecular weight excluding hydrogens is 293 g/mol. The Kier molecular flexibility index (Phi) is 5.35. The Bertz CT molecular complexity index is 589. The van der Waals surface area contributed by atoms with Crippen LogP contribution in [0, 0.1) is 11.7 Å².